The van der Waals surface area contributed by atoms with Crippen molar-refractivity contribution in [3.05, 3.63) is 36.0 Å². The number of hydrogen-bond donors (Lipinski definition) is 5. The van der Waals surface area contributed by atoms with Crippen molar-refractivity contribution in [2.24, 2.45) is 52.8 Å². The Bertz CT molecular complexity index is 1670. The zero-order valence-electron chi connectivity index (χ0n) is 42.1. The Morgan fingerprint density at radius 1 is 0.818 bits per heavy atom. The molecule has 1 saturated heterocycles. The van der Waals surface area contributed by atoms with Gasteiger partial charge in [-0.1, -0.05) is 85.8 Å². The lowest BCUT2D eigenvalue weighted by Crippen LogP contribution is -2.63. The number of esters is 1. The van der Waals surface area contributed by atoms with Crippen molar-refractivity contribution < 1.29 is 63.6 Å². The van der Waals surface area contributed by atoms with Crippen LogP contribution >= 0.6 is 0 Å². The molecule has 2 aliphatic carbocycles. The highest BCUT2D eigenvalue weighted by Gasteiger charge is 2.60. The first kappa shape index (κ1) is 56.1. The van der Waals surface area contributed by atoms with Gasteiger partial charge in [0.15, 0.2) is 0 Å². The topological polar surface area (TPSA) is 202 Å². The molecule has 2 aliphatic heterocycles. The first-order valence-electron chi connectivity index (χ1n) is 24.9. The van der Waals surface area contributed by atoms with Gasteiger partial charge in [0.25, 0.3) is 11.7 Å². The number of carbonyl (C=O) groups excluding carboxylic acids is 3. The number of rotatable bonds is 6. The fourth-order valence-electron chi connectivity index (χ4n) is 12.3. The molecule has 4 rings (SSSR count). The molecule has 0 aromatic rings. The van der Waals surface area contributed by atoms with Crippen LogP contribution in [-0.4, -0.2) is 143 Å². The summed E-state index contributed by atoms with van der Waals surface area (Å²) in [5.74, 6) is -8.75. The molecular formula is C52H87NO13. The maximum absolute atomic E-state index is 15.0. The minimum Gasteiger partial charge on any atom is -0.460 e. The van der Waals surface area contributed by atoms with Crippen molar-refractivity contribution in [2.45, 2.75) is 187 Å². The van der Waals surface area contributed by atoms with E-state index in [1.807, 2.05) is 58.9 Å². The third-order valence-electron chi connectivity index (χ3n) is 16.5. The van der Waals surface area contributed by atoms with Crippen LogP contribution in [0, 0.1) is 52.8 Å². The van der Waals surface area contributed by atoms with Crippen LogP contribution in [0.25, 0.3) is 0 Å². The number of hydrogen-bond acceptors (Lipinski definition) is 13. The van der Waals surface area contributed by atoms with Crippen LogP contribution in [0.3, 0.4) is 0 Å². The van der Waals surface area contributed by atoms with Gasteiger partial charge in [-0.2, -0.15) is 0 Å². The van der Waals surface area contributed by atoms with Crippen molar-refractivity contribution in [2.75, 3.05) is 34.5 Å². The fraction of sp³-hybridized carbons (Fsp3) is 0.827. The average Bonchev–Trinajstić information content (AvgIpc) is 3.30. The molecule has 0 aromatic carbocycles. The Kier molecular flexibility index (Phi) is 21.1. The summed E-state index contributed by atoms with van der Waals surface area (Å²) in [6, 6.07) is -1.19. The van der Waals surface area contributed by atoms with Crippen molar-refractivity contribution >= 4 is 17.7 Å². The summed E-state index contributed by atoms with van der Waals surface area (Å²) in [5.41, 5.74) is -0.304. The van der Waals surface area contributed by atoms with E-state index in [-0.39, 0.29) is 55.6 Å². The second-order valence-electron chi connectivity index (χ2n) is 20.8. The molecule has 3 fully saturated rings. The number of piperidine rings is 1. The van der Waals surface area contributed by atoms with Crippen LogP contribution in [0.2, 0.25) is 0 Å². The smallest absolute Gasteiger partial charge is 0.329 e. The maximum Gasteiger partial charge on any atom is 0.329 e. The molecule has 2 heterocycles. The van der Waals surface area contributed by atoms with E-state index in [0.717, 1.165) is 5.57 Å². The predicted octanol–water partition coefficient (Wildman–Crippen LogP) is 5.95. The third-order valence-corrected chi connectivity index (χ3v) is 16.5. The Hall–Kier alpha value is -2.53. The molecule has 14 nitrogen and oxygen atoms in total. The molecule has 0 spiro atoms. The van der Waals surface area contributed by atoms with Gasteiger partial charge in [0, 0.05) is 57.5 Å². The standard InChI is InChI=1S/C52H87NO13/c1-13-35(7)52(61)48(58)49(59)53-24-18-17-21-39(53)50(60)66-42-28-41(55)32(4)26-33(5)44(56)46(64-12)47(57)51(37(42)9,38-22-23-40(54)43(27-38)62-10)36(8)25-30(2)19-15-14-16-20-31(3)45(63-11)34(6)29-65-52/h14-16,19-20,30,32-47,54-57,61H,13,17-18,21-29H2,1-12H3/b16-14-,19-15+,31-20+/t30-,32-,33?,34?,35-,36-,37+,38-,39-,40-,41?,42+,43-,44-,45-,46-,47?,51?,52-/m1/s1. The number of fused-ring (bicyclic) bond motifs is 3. The zero-order valence-corrected chi connectivity index (χ0v) is 42.1. The highest BCUT2D eigenvalue weighted by atomic mass is 16.6. The van der Waals surface area contributed by atoms with Gasteiger partial charge in [-0.3, -0.25) is 9.59 Å². The predicted molar refractivity (Wildman–Crippen MR) is 252 cm³/mol. The highest BCUT2D eigenvalue weighted by Crippen LogP contribution is 2.57. The van der Waals surface area contributed by atoms with Crippen molar-refractivity contribution in [3.8, 4) is 0 Å². The van der Waals surface area contributed by atoms with Crippen LogP contribution in [0.5, 0.6) is 0 Å². The largest absolute Gasteiger partial charge is 0.460 e. The van der Waals surface area contributed by atoms with Gasteiger partial charge >= 0.3 is 5.97 Å². The monoisotopic (exact) mass is 934 g/mol. The second kappa shape index (κ2) is 24.8. The summed E-state index contributed by atoms with van der Waals surface area (Å²) in [4.78, 5) is 45.1. The molecule has 14 heteroatoms. The van der Waals surface area contributed by atoms with E-state index >= 15 is 0 Å². The van der Waals surface area contributed by atoms with Crippen LogP contribution in [0.4, 0.5) is 0 Å². The van der Waals surface area contributed by atoms with E-state index in [9.17, 15) is 39.9 Å². The molecule has 0 radical (unpaired) electrons. The van der Waals surface area contributed by atoms with Crippen LogP contribution in [0.15, 0.2) is 36.0 Å². The number of ether oxygens (including phenoxy) is 5. The lowest BCUT2D eigenvalue weighted by molar-refractivity contribution is -0.233. The quantitative estimate of drug-likeness (QED) is 0.155. The molecule has 66 heavy (non-hydrogen) atoms. The minimum atomic E-state index is -2.50. The van der Waals surface area contributed by atoms with Crippen LogP contribution in [-0.2, 0) is 38.1 Å². The highest BCUT2D eigenvalue weighted by molar-refractivity contribution is 6.39. The van der Waals surface area contributed by atoms with E-state index in [2.05, 4.69) is 19.9 Å². The van der Waals surface area contributed by atoms with E-state index in [4.69, 9.17) is 23.7 Å². The molecule has 19 atom stereocenters. The molecule has 5 unspecified atom stereocenters. The van der Waals surface area contributed by atoms with E-state index < -0.39 is 101 Å². The second-order valence-corrected chi connectivity index (χ2v) is 20.8. The molecule has 2 saturated carbocycles. The summed E-state index contributed by atoms with van der Waals surface area (Å²) in [6.45, 7) is 17.1. The molecule has 1 amide bonds. The van der Waals surface area contributed by atoms with Gasteiger partial charge in [0.05, 0.1) is 43.2 Å². The van der Waals surface area contributed by atoms with Crippen LogP contribution < -0.4 is 0 Å². The SMILES string of the molecule is CC[C@@H](C)[C@@]1(O)OCC(C)[C@H](OC)/C(C)=C/C=C\C=C\[C@@H](C)C[C@@H](C)C2([C@@H]3CC[C@@H](O)[C@H](OC)C3)C(O)[C@H](OC)[C@H](O)C(C)C[C@@H](C)C(O)C[C@H](OC(=O)[C@H]3CCCCN3C(=O)C1=O)[C@@H]2C. The molecule has 4 aliphatic rings. The summed E-state index contributed by atoms with van der Waals surface area (Å²) >= 11 is 0. The van der Waals surface area contributed by atoms with Crippen molar-refractivity contribution in [3.63, 3.8) is 0 Å². The van der Waals surface area contributed by atoms with Gasteiger partial charge in [-0.15, -0.1) is 0 Å². The summed E-state index contributed by atoms with van der Waals surface area (Å²) in [7, 11) is 4.62. The lowest BCUT2D eigenvalue weighted by atomic mass is 9.50. The first-order chi connectivity index (χ1) is 31.1. The lowest BCUT2D eigenvalue weighted by Gasteiger charge is -2.58. The van der Waals surface area contributed by atoms with Gasteiger partial charge in [0.1, 0.15) is 18.2 Å². The summed E-state index contributed by atoms with van der Waals surface area (Å²) in [5, 5.41) is 60.7. The normalized spacial score (nSPS) is 44.7. The van der Waals surface area contributed by atoms with Crippen molar-refractivity contribution in [1.29, 1.82) is 0 Å². The number of aliphatic hydroxyl groups excluding tert-OH is 4. The molecular weight excluding hydrogens is 847 g/mol. The average molecular weight is 934 g/mol. The Morgan fingerprint density at radius 2 is 1.52 bits per heavy atom. The summed E-state index contributed by atoms with van der Waals surface area (Å²) in [6.07, 6.45) is 6.33. The maximum atomic E-state index is 15.0. The van der Waals surface area contributed by atoms with E-state index in [1.54, 1.807) is 28.1 Å². The van der Waals surface area contributed by atoms with Crippen molar-refractivity contribution in [1.82, 2.24) is 4.90 Å². The van der Waals surface area contributed by atoms with Gasteiger partial charge < -0.3 is 54.1 Å². The number of carbonyl (C=O) groups is 3. The zero-order chi connectivity index (χ0) is 49.3. The number of ketones is 1. The number of amides is 1. The fourth-order valence-corrected chi connectivity index (χ4v) is 12.3. The minimum absolute atomic E-state index is 0.00613. The van der Waals surface area contributed by atoms with Gasteiger partial charge in [-0.05, 0) is 99.9 Å². The Morgan fingerprint density at radius 3 is 2.15 bits per heavy atom. The number of Topliss-reactive ketones (excluding diaryl/α,β-unsaturated/α-hetero) is 1. The number of aliphatic hydroxyl groups is 5. The van der Waals surface area contributed by atoms with E-state index in [0.29, 0.717) is 51.4 Å². The summed E-state index contributed by atoms with van der Waals surface area (Å²) < 4.78 is 30.7. The Balaban J connectivity index is 2.00. The first-order valence-corrected chi connectivity index (χ1v) is 24.9. The Labute approximate surface area is 395 Å². The molecule has 5 N–H and O–H groups in total. The number of nitrogens with zero attached hydrogens (tertiary/aromatic N) is 1. The molecule has 0 aromatic heterocycles. The molecule has 378 valence electrons. The van der Waals surface area contributed by atoms with E-state index in [1.165, 1.54) is 12.0 Å². The van der Waals surface area contributed by atoms with Crippen LogP contribution in [0.1, 0.15) is 127 Å². The number of methoxy groups -OCH3 is 3. The third kappa shape index (κ3) is 12.2. The van der Waals surface area contributed by atoms with Gasteiger partial charge in [-0.25, -0.2) is 4.79 Å². The molecule has 2 bridgehead atoms. The number of allylic oxidation sites excluding steroid dienone is 5. The van der Waals surface area contributed by atoms with Gasteiger partial charge in [0.2, 0.25) is 5.79 Å².